The number of nitrogens with zero attached hydrogens (tertiary/aromatic N) is 2. The fourth-order valence-corrected chi connectivity index (χ4v) is 3.35. The molecule has 0 bridgehead atoms. The Morgan fingerprint density at radius 3 is 2.50 bits per heavy atom. The second kappa shape index (κ2) is 10.3. The van der Waals surface area contributed by atoms with Gasteiger partial charge in [0.2, 0.25) is 5.91 Å². The molecule has 1 fully saturated rings. The lowest BCUT2D eigenvalue weighted by molar-refractivity contribution is -0.117. The number of hydrogen-bond donors (Lipinski definition) is 2. The number of carbonyl (C=O) groups is 2. The molecule has 1 heterocycles. The number of hydrogen-bond acceptors (Lipinski definition) is 5. The van der Waals surface area contributed by atoms with Gasteiger partial charge in [-0.25, -0.2) is 4.79 Å². The Bertz CT molecular complexity index is 870. The van der Waals surface area contributed by atoms with E-state index in [0.717, 1.165) is 37.4 Å². The predicted octanol–water partition coefficient (Wildman–Crippen LogP) is 3.35. The average Bonchev–Trinajstić information content (AvgIpc) is 2.74. The van der Waals surface area contributed by atoms with Gasteiger partial charge in [0.1, 0.15) is 12.6 Å². The molecule has 1 aliphatic rings. The van der Waals surface area contributed by atoms with E-state index in [9.17, 15) is 9.59 Å². The summed E-state index contributed by atoms with van der Waals surface area (Å²) in [6, 6.07) is 14.0. The van der Waals surface area contributed by atoms with Crippen LogP contribution >= 0.6 is 11.6 Å². The van der Waals surface area contributed by atoms with Crippen LogP contribution in [-0.2, 0) is 16.1 Å². The minimum absolute atomic E-state index is 0.142. The molecule has 1 atom stereocenters. The molecule has 0 saturated carbocycles. The lowest BCUT2D eigenvalue weighted by atomic mass is 10.2. The van der Waals surface area contributed by atoms with Crippen molar-refractivity contribution in [1.29, 1.82) is 0 Å². The molecule has 2 amide bonds. The summed E-state index contributed by atoms with van der Waals surface area (Å²) in [6.45, 7) is 5.37. The van der Waals surface area contributed by atoms with Crippen molar-refractivity contribution in [2.75, 3.05) is 43.4 Å². The maximum Gasteiger partial charge on any atom is 0.408 e. The van der Waals surface area contributed by atoms with Gasteiger partial charge in [0.05, 0.1) is 11.4 Å². The van der Waals surface area contributed by atoms with Gasteiger partial charge in [0.15, 0.2) is 0 Å². The zero-order chi connectivity index (χ0) is 21.5. The topological polar surface area (TPSA) is 73.9 Å². The highest BCUT2D eigenvalue weighted by Crippen LogP contribution is 2.30. The molecule has 3 rings (SSSR count). The Morgan fingerprint density at radius 2 is 1.80 bits per heavy atom. The van der Waals surface area contributed by atoms with Crippen molar-refractivity contribution in [3.8, 4) is 0 Å². The highest BCUT2D eigenvalue weighted by Gasteiger charge is 2.21. The van der Waals surface area contributed by atoms with Crippen LogP contribution in [0.4, 0.5) is 16.2 Å². The van der Waals surface area contributed by atoms with Crippen molar-refractivity contribution in [2.24, 2.45) is 0 Å². The molecule has 160 valence electrons. The van der Waals surface area contributed by atoms with Gasteiger partial charge in [-0.05, 0) is 37.7 Å². The number of ether oxygens (including phenoxy) is 1. The number of piperazine rings is 1. The zero-order valence-corrected chi connectivity index (χ0v) is 18.0. The Labute approximate surface area is 181 Å². The van der Waals surface area contributed by atoms with Gasteiger partial charge >= 0.3 is 6.09 Å². The Morgan fingerprint density at radius 1 is 1.10 bits per heavy atom. The lowest BCUT2D eigenvalue weighted by Gasteiger charge is -2.35. The fourth-order valence-electron chi connectivity index (χ4n) is 3.18. The maximum atomic E-state index is 12.7. The van der Waals surface area contributed by atoms with E-state index in [4.69, 9.17) is 16.3 Å². The number of halogens is 1. The van der Waals surface area contributed by atoms with Crippen molar-refractivity contribution in [2.45, 2.75) is 19.6 Å². The number of anilines is 2. The first-order chi connectivity index (χ1) is 14.4. The van der Waals surface area contributed by atoms with Crippen LogP contribution in [0.1, 0.15) is 12.5 Å². The van der Waals surface area contributed by atoms with Gasteiger partial charge in [-0.15, -0.1) is 0 Å². The standard InChI is InChI=1S/C22H27ClN4O3/c1-16(24-22(29)30-15-17-6-4-3-5-7-17)21(28)25-19-14-18(23)8-9-20(19)27-12-10-26(2)11-13-27/h3-9,14,16H,10-13,15H2,1-2H3,(H,24,29)(H,25,28). The van der Waals surface area contributed by atoms with Gasteiger partial charge in [0, 0.05) is 31.2 Å². The molecule has 0 aliphatic carbocycles. The van der Waals surface area contributed by atoms with Crippen LogP contribution in [0.3, 0.4) is 0 Å². The van der Waals surface area contributed by atoms with Gasteiger partial charge in [-0.2, -0.15) is 0 Å². The monoisotopic (exact) mass is 430 g/mol. The van der Waals surface area contributed by atoms with E-state index in [0.29, 0.717) is 10.7 Å². The minimum Gasteiger partial charge on any atom is -0.445 e. The van der Waals surface area contributed by atoms with Crippen molar-refractivity contribution in [3.05, 3.63) is 59.1 Å². The SMILES string of the molecule is CC(NC(=O)OCc1ccccc1)C(=O)Nc1cc(Cl)ccc1N1CCN(C)CC1. The fraction of sp³-hybridized carbons (Fsp3) is 0.364. The Balaban J connectivity index is 1.58. The minimum atomic E-state index is -0.771. The summed E-state index contributed by atoms with van der Waals surface area (Å²) >= 11 is 6.16. The number of rotatable bonds is 6. The van der Waals surface area contributed by atoms with Crippen LogP contribution in [0.5, 0.6) is 0 Å². The summed E-state index contributed by atoms with van der Waals surface area (Å²) in [7, 11) is 2.09. The maximum absolute atomic E-state index is 12.7. The third-order valence-corrected chi connectivity index (χ3v) is 5.24. The number of carbonyl (C=O) groups excluding carboxylic acids is 2. The van der Waals surface area contributed by atoms with E-state index in [1.807, 2.05) is 42.5 Å². The van der Waals surface area contributed by atoms with Crippen molar-refractivity contribution >= 4 is 35.0 Å². The van der Waals surface area contributed by atoms with Gasteiger partial charge in [-0.1, -0.05) is 41.9 Å². The zero-order valence-electron chi connectivity index (χ0n) is 17.2. The molecular formula is C22H27ClN4O3. The van der Waals surface area contributed by atoms with E-state index in [1.165, 1.54) is 0 Å². The van der Waals surface area contributed by atoms with E-state index < -0.39 is 12.1 Å². The summed E-state index contributed by atoms with van der Waals surface area (Å²) in [5.74, 6) is -0.343. The summed E-state index contributed by atoms with van der Waals surface area (Å²) in [5, 5.41) is 5.99. The molecule has 2 aromatic rings. The molecule has 1 saturated heterocycles. The number of benzene rings is 2. The molecule has 30 heavy (non-hydrogen) atoms. The van der Waals surface area contributed by atoms with Crippen LogP contribution < -0.4 is 15.5 Å². The van der Waals surface area contributed by atoms with Gasteiger partial charge in [0.25, 0.3) is 0 Å². The Kier molecular flexibility index (Phi) is 7.54. The van der Waals surface area contributed by atoms with E-state index in [-0.39, 0.29) is 12.5 Å². The molecule has 1 unspecified atom stereocenters. The summed E-state index contributed by atoms with van der Waals surface area (Å²) < 4.78 is 5.18. The molecule has 8 heteroatoms. The van der Waals surface area contributed by atoms with E-state index in [1.54, 1.807) is 13.0 Å². The molecule has 2 aromatic carbocycles. The van der Waals surface area contributed by atoms with E-state index in [2.05, 4.69) is 27.5 Å². The Hall–Kier alpha value is -2.77. The van der Waals surface area contributed by atoms with E-state index >= 15 is 0 Å². The van der Waals surface area contributed by atoms with Crippen LogP contribution in [0.25, 0.3) is 0 Å². The molecule has 0 spiro atoms. The summed E-state index contributed by atoms with van der Waals surface area (Å²) in [5.41, 5.74) is 2.42. The number of amides is 2. The molecule has 7 nitrogen and oxygen atoms in total. The first-order valence-electron chi connectivity index (χ1n) is 9.93. The summed E-state index contributed by atoms with van der Waals surface area (Å²) in [6.07, 6.45) is -0.646. The molecular weight excluding hydrogens is 404 g/mol. The van der Waals surface area contributed by atoms with Crippen LogP contribution in [0, 0.1) is 0 Å². The van der Waals surface area contributed by atoms with Gasteiger partial charge in [-0.3, -0.25) is 4.79 Å². The average molecular weight is 431 g/mol. The highest BCUT2D eigenvalue weighted by molar-refractivity contribution is 6.31. The highest BCUT2D eigenvalue weighted by atomic mass is 35.5. The van der Waals surface area contributed by atoms with Crippen molar-refractivity contribution in [1.82, 2.24) is 10.2 Å². The van der Waals surface area contributed by atoms with Gasteiger partial charge < -0.3 is 25.2 Å². The first-order valence-corrected chi connectivity index (χ1v) is 10.3. The number of likely N-dealkylation sites (N-methyl/N-ethyl adjacent to an activating group) is 1. The molecule has 2 N–H and O–H groups in total. The van der Waals surface area contributed by atoms with Crippen molar-refractivity contribution < 1.29 is 14.3 Å². The van der Waals surface area contributed by atoms with Crippen LogP contribution in [0.15, 0.2) is 48.5 Å². The quantitative estimate of drug-likeness (QED) is 0.735. The lowest BCUT2D eigenvalue weighted by Crippen LogP contribution is -2.45. The second-order valence-electron chi connectivity index (χ2n) is 7.37. The largest absolute Gasteiger partial charge is 0.445 e. The molecule has 1 aliphatic heterocycles. The normalized spacial score (nSPS) is 15.4. The third kappa shape index (κ3) is 6.11. The third-order valence-electron chi connectivity index (χ3n) is 5.00. The summed E-state index contributed by atoms with van der Waals surface area (Å²) in [4.78, 5) is 29.2. The number of alkyl carbamates (subject to hydrolysis) is 1. The molecule has 0 aromatic heterocycles. The van der Waals surface area contributed by atoms with Crippen LogP contribution in [-0.4, -0.2) is 56.2 Å². The smallest absolute Gasteiger partial charge is 0.408 e. The molecule has 0 radical (unpaired) electrons. The van der Waals surface area contributed by atoms with Crippen LogP contribution in [0.2, 0.25) is 5.02 Å². The number of nitrogens with one attached hydrogen (secondary N) is 2. The first kappa shape index (κ1) is 21.9. The predicted molar refractivity (Wildman–Crippen MR) is 119 cm³/mol. The van der Waals surface area contributed by atoms with Crippen molar-refractivity contribution in [3.63, 3.8) is 0 Å². The second-order valence-corrected chi connectivity index (χ2v) is 7.81.